The highest BCUT2D eigenvalue weighted by atomic mass is 32.2. The Bertz CT molecular complexity index is 561. The summed E-state index contributed by atoms with van der Waals surface area (Å²) in [5.74, 6) is 0.485. The third-order valence-electron chi connectivity index (χ3n) is 2.58. The summed E-state index contributed by atoms with van der Waals surface area (Å²) in [6, 6.07) is 5.88. The highest BCUT2D eigenvalue weighted by molar-refractivity contribution is 7.99. The molecule has 2 aromatic rings. The molecule has 6 nitrogen and oxygen atoms in total. The van der Waals surface area contributed by atoms with E-state index in [1.54, 1.807) is 16.7 Å². The van der Waals surface area contributed by atoms with Crippen molar-refractivity contribution in [1.82, 2.24) is 14.8 Å². The molecule has 1 atom stereocenters. The molecule has 0 aliphatic heterocycles. The van der Waals surface area contributed by atoms with Gasteiger partial charge in [0.05, 0.1) is 19.3 Å². The molecule has 0 radical (unpaired) electrons. The summed E-state index contributed by atoms with van der Waals surface area (Å²) >= 11 is 1.25. The maximum absolute atomic E-state index is 13.0. The molecule has 0 spiro atoms. The van der Waals surface area contributed by atoms with Crippen LogP contribution in [0.5, 0.6) is 0 Å². The molecule has 0 amide bonds. The number of benzene rings is 1. The molecule has 0 bridgehead atoms. The Morgan fingerprint density at radius 2 is 2.00 bits per heavy atom. The predicted molar refractivity (Wildman–Crippen MR) is 73.0 cm³/mol. The Kier molecular flexibility index (Phi) is 5.07. The normalized spacial score (nSPS) is 12.6. The molecule has 4 N–H and O–H groups in total. The van der Waals surface area contributed by atoms with Gasteiger partial charge in [0.25, 0.3) is 0 Å². The second kappa shape index (κ2) is 6.80. The molecule has 1 heterocycles. The first kappa shape index (κ1) is 14.9. The number of hydrogen-bond donors (Lipinski definition) is 3. The maximum Gasteiger partial charge on any atom is 0.195 e. The van der Waals surface area contributed by atoms with E-state index in [4.69, 9.17) is 10.8 Å². The lowest BCUT2D eigenvalue weighted by Gasteiger charge is -2.10. The monoisotopic (exact) mass is 298 g/mol. The van der Waals surface area contributed by atoms with E-state index < -0.39 is 6.10 Å². The Morgan fingerprint density at radius 1 is 1.30 bits per heavy atom. The summed E-state index contributed by atoms with van der Waals surface area (Å²) in [4.78, 5) is 0. The molecule has 0 saturated heterocycles. The molecule has 0 saturated carbocycles. The predicted octanol–water partition coefficient (Wildman–Crippen LogP) is 0.310. The number of aliphatic hydroxyl groups excluding tert-OH is 2. The molecule has 0 fully saturated rings. The zero-order valence-electron chi connectivity index (χ0n) is 10.6. The van der Waals surface area contributed by atoms with Crippen LogP contribution < -0.4 is 5.73 Å². The van der Waals surface area contributed by atoms with E-state index in [2.05, 4.69) is 10.2 Å². The topological polar surface area (TPSA) is 97.2 Å². The molecular formula is C12H15FN4O2S. The average Bonchev–Trinajstić information content (AvgIpc) is 2.88. The SMILES string of the molecule is NCc1nnc(SC[C@@H](O)CO)n1-c1ccc(F)cc1. The van der Waals surface area contributed by atoms with Crippen molar-refractivity contribution < 1.29 is 14.6 Å². The lowest BCUT2D eigenvalue weighted by molar-refractivity contribution is 0.113. The average molecular weight is 298 g/mol. The van der Waals surface area contributed by atoms with Crippen LogP contribution in [0.4, 0.5) is 4.39 Å². The summed E-state index contributed by atoms with van der Waals surface area (Å²) in [6.45, 7) is -0.130. The molecule has 0 unspecified atom stereocenters. The second-order valence-electron chi connectivity index (χ2n) is 4.06. The van der Waals surface area contributed by atoms with Crippen LogP contribution in [0.1, 0.15) is 5.82 Å². The van der Waals surface area contributed by atoms with Gasteiger partial charge in [-0.25, -0.2) is 4.39 Å². The van der Waals surface area contributed by atoms with Gasteiger partial charge in [-0.3, -0.25) is 4.57 Å². The summed E-state index contributed by atoms with van der Waals surface area (Å²) in [5.41, 5.74) is 6.31. The molecule has 20 heavy (non-hydrogen) atoms. The quantitative estimate of drug-likeness (QED) is 0.664. The molecule has 0 aliphatic carbocycles. The summed E-state index contributed by atoms with van der Waals surface area (Å²) < 4.78 is 14.7. The number of aliphatic hydroxyl groups is 2. The maximum atomic E-state index is 13.0. The van der Waals surface area contributed by atoms with Crippen LogP contribution in [0.2, 0.25) is 0 Å². The van der Waals surface area contributed by atoms with Gasteiger partial charge >= 0.3 is 0 Å². The molecular weight excluding hydrogens is 283 g/mol. The fraction of sp³-hybridized carbons (Fsp3) is 0.333. The highest BCUT2D eigenvalue weighted by Gasteiger charge is 2.15. The van der Waals surface area contributed by atoms with Crippen LogP contribution in [-0.2, 0) is 6.54 Å². The van der Waals surface area contributed by atoms with Crippen LogP contribution in [0.3, 0.4) is 0 Å². The van der Waals surface area contributed by atoms with E-state index in [1.165, 1.54) is 23.9 Å². The first-order chi connectivity index (χ1) is 9.65. The van der Waals surface area contributed by atoms with Gasteiger partial charge in [-0.2, -0.15) is 0 Å². The van der Waals surface area contributed by atoms with Crippen molar-refractivity contribution in [2.45, 2.75) is 17.8 Å². The van der Waals surface area contributed by atoms with Crippen molar-refractivity contribution >= 4 is 11.8 Å². The third-order valence-corrected chi connectivity index (χ3v) is 3.66. The number of nitrogens with zero attached hydrogens (tertiary/aromatic N) is 3. The van der Waals surface area contributed by atoms with E-state index in [1.807, 2.05) is 0 Å². The number of nitrogens with two attached hydrogens (primary N) is 1. The fourth-order valence-corrected chi connectivity index (χ4v) is 2.48. The Labute approximate surface area is 119 Å². The lowest BCUT2D eigenvalue weighted by atomic mass is 10.3. The van der Waals surface area contributed by atoms with Crippen LogP contribution >= 0.6 is 11.8 Å². The van der Waals surface area contributed by atoms with Gasteiger partial charge in [-0.15, -0.1) is 10.2 Å². The van der Waals surface area contributed by atoms with E-state index >= 15 is 0 Å². The standard InChI is InChI=1S/C12H15FN4O2S/c13-8-1-3-9(4-2-8)17-11(5-14)15-16-12(17)20-7-10(19)6-18/h1-4,10,18-19H,5-7,14H2/t10-/m0/s1. The zero-order chi connectivity index (χ0) is 14.5. The number of aromatic nitrogens is 3. The van der Waals surface area contributed by atoms with Gasteiger partial charge in [0.15, 0.2) is 11.0 Å². The van der Waals surface area contributed by atoms with Crippen molar-refractivity contribution in [2.75, 3.05) is 12.4 Å². The van der Waals surface area contributed by atoms with Crippen LogP contribution in [0, 0.1) is 5.82 Å². The van der Waals surface area contributed by atoms with Gasteiger partial charge in [-0.05, 0) is 24.3 Å². The molecule has 1 aromatic carbocycles. The van der Waals surface area contributed by atoms with E-state index in [-0.39, 0.29) is 24.7 Å². The number of hydrogen-bond acceptors (Lipinski definition) is 6. The lowest BCUT2D eigenvalue weighted by Crippen LogP contribution is -2.15. The molecule has 1 aromatic heterocycles. The van der Waals surface area contributed by atoms with Crippen molar-refractivity contribution in [2.24, 2.45) is 5.73 Å². The highest BCUT2D eigenvalue weighted by Crippen LogP contribution is 2.22. The number of thioether (sulfide) groups is 1. The summed E-state index contributed by atoms with van der Waals surface area (Å²) in [5, 5.41) is 26.7. The molecule has 0 aliphatic rings. The fourth-order valence-electron chi connectivity index (χ4n) is 1.60. The minimum absolute atomic E-state index is 0.188. The van der Waals surface area contributed by atoms with E-state index in [0.29, 0.717) is 16.7 Å². The summed E-state index contributed by atoms with van der Waals surface area (Å²) in [7, 11) is 0. The Balaban J connectivity index is 2.29. The third kappa shape index (κ3) is 3.34. The van der Waals surface area contributed by atoms with Gasteiger partial charge in [-0.1, -0.05) is 11.8 Å². The largest absolute Gasteiger partial charge is 0.394 e. The molecule has 8 heteroatoms. The number of halogens is 1. The van der Waals surface area contributed by atoms with Crippen LogP contribution in [-0.4, -0.2) is 43.4 Å². The van der Waals surface area contributed by atoms with Crippen molar-refractivity contribution in [3.8, 4) is 5.69 Å². The summed E-state index contributed by atoms with van der Waals surface area (Å²) in [6.07, 6.45) is -0.834. The van der Waals surface area contributed by atoms with Gasteiger partial charge in [0.1, 0.15) is 5.82 Å². The zero-order valence-corrected chi connectivity index (χ0v) is 11.4. The Hall–Kier alpha value is -1.48. The minimum Gasteiger partial charge on any atom is -0.394 e. The van der Waals surface area contributed by atoms with E-state index in [9.17, 15) is 9.50 Å². The minimum atomic E-state index is -0.834. The van der Waals surface area contributed by atoms with Crippen molar-refractivity contribution in [3.63, 3.8) is 0 Å². The molecule has 108 valence electrons. The van der Waals surface area contributed by atoms with Crippen LogP contribution in [0.15, 0.2) is 29.4 Å². The smallest absolute Gasteiger partial charge is 0.195 e. The van der Waals surface area contributed by atoms with Gasteiger partial charge < -0.3 is 15.9 Å². The van der Waals surface area contributed by atoms with Gasteiger partial charge in [0, 0.05) is 11.4 Å². The van der Waals surface area contributed by atoms with Crippen LogP contribution in [0.25, 0.3) is 5.69 Å². The number of rotatable bonds is 6. The van der Waals surface area contributed by atoms with Crippen molar-refractivity contribution in [3.05, 3.63) is 35.9 Å². The van der Waals surface area contributed by atoms with Gasteiger partial charge in [0.2, 0.25) is 0 Å². The first-order valence-electron chi connectivity index (χ1n) is 5.97. The van der Waals surface area contributed by atoms with E-state index in [0.717, 1.165) is 0 Å². The first-order valence-corrected chi connectivity index (χ1v) is 6.96. The Morgan fingerprint density at radius 3 is 2.60 bits per heavy atom. The van der Waals surface area contributed by atoms with Crippen molar-refractivity contribution in [1.29, 1.82) is 0 Å². The second-order valence-corrected chi connectivity index (χ2v) is 5.05. The molecule has 2 rings (SSSR count).